The summed E-state index contributed by atoms with van der Waals surface area (Å²) in [6, 6.07) is 4.22. The van der Waals surface area contributed by atoms with Crippen LogP contribution in [-0.2, 0) is 11.3 Å². The Morgan fingerprint density at radius 1 is 1.22 bits per heavy atom. The summed E-state index contributed by atoms with van der Waals surface area (Å²) < 4.78 is 5.63. The van der Waals surface area contributed by atoms with Crippen LogP contribution in [0.4, 0.5) is 5.82 Å². The second-order valence-corrected chi connectivity index (χ2v) is 7.46. The number of piperazine rings is 1. The molecule has 0 spiro atoms. The van der Waals surface area contributed by atoms with E-state index in [1.807, 2.05) is 6.20 Å². The van der Waals surface area contributed by atoms with Gasteiger partial charge in [0.15, 0.2) is 5.96 Å². The Hall–Kier alpha value is -1.86. The third-order valence-electron chi connectivity index (χ3n) is 4.70. The number of ether oxygens (including phenoxy) is 1. The average molecular weight is 377 g/mol. The lowest BCUT2D eigenvalue weighted by Crippen LogP contribution is -2.44. The highest BCUT2D eigenvalue weighted by Gasteiger charge is 2.15. The summed E-state index contributed by atoms with van der Waals surface area (Å²) in [7, 11) is 3.95. The standard InChI is InChI=1S/C20H36N6O/c1-17(2)6-13-27-14-8-23-20(21-3)24-16-18-5-7-22-19(15-18)26-11-9-25(4)10-12-26/h5,7,15,17H,6,8-14,16H2,1-4H3,(H2,21,23,24). The van der Waals surface area contributed by atoms with E-state index in [-0.39, 0.29) is 0 Å². The predicted octanol–water partition coefficient (Wildman–Crippen LogP) is 1.56. The number of anilines is 1. The van der Waals surface area contributed by atoms with Gasteiger partial charge in [0.2, 0.25) is 0 Å². The van der Waals surface area contributed by atoms with Gasteiger partial charge in [0.1, 0.15) is 5.82 Å². The minimum Gasteiger partial charge on any atom is -0.380 e. The minimum absolute atomic E-state index is 0.684. The van der Waals surface area contributed by atoms with Crippen LogP contribution in [0.5, 0.6) is 0 Å². The molecule has 0 aromatic carbocycles. The topological polar surface area (TPSA) is 65.0 Å². The molecule has 0 radical (unpaired) electrons. The van der Waals surface area contributed by atoms with Gasteiger partial charge in [0.05, 0.1) is 6.61 Å². The molecule has 2 N–H and O–H groups in total. The van der Waals surface area contributed by atoms with E-state index >= 15 is 0 Å². The summed E-state index contributed by atoms with van der Waals surface area (Å²) in [5, 5.41) is 6.65. The van der Waals surface area contributed by atoms with Crippen LogP contribution in [0.1, 0.15) is 25.8 Å². The van der Waals surface area contributed by atoms with E-state index in [4.69, 9.17) is 4.74 Å². The molecule has 1 aliphatic rings. The first-order valence-corrected chi connectivity index (χ1v) is 9.99. The van der Waals surface area contributed by atoms with Gasteiger partial charge < -0.3 is 25.2 Å². The first kappa shape index (κ1) is 21.4. The molecule has 0 amide bonds. The van der Waals surface area contributed by atoms with E-state index in [0.29, 0.717) is 12.5 Å². The van der Waals surface area contributed by atoms with E-state index in [1.54, 1.807) is 7.05 Å². The molecule has 2 heterocycles. The Morgan fingerprint density at radius 2 is 2.00 bits per heavy atom. The molecular weight excluding hydrogens is 340 g/mol. The Kier molecular flexibility index (Phi) is 9.35. The number of aromatic nitrogens is 1. The molecule has 0 aliphatic carbocycles. The molecule has 0 bridgehead atoms. The summed E-state index contributed by atoms with van der Waals surface area (Å²) in [4.78, 5) is 13.5. The van der Waals surface area contributed by atoms with Gasteiger partial charge >= 0.3 is 0 Å². The number of hydrogen-bond acceptors (Lipinski definition) is 5. The number of rotatable bonds is 9. The number of nitrogens with one attached hydrogen (secondary N) is 2. The molecule has 1 aromatic heterocycles. The maximum Gasteiger partial charge on any atom is 0.191 e. The minimum atomic E-state index is 0.684. The van der Waals surface area contributed by atoms with Gasteiger partial charge in [-0.15, -0.1) is 0 Å². The number of nitrogens with zero attached hydrogens (tertiary/aromatic N) is 4. The average Bonchev–Trinajstić information content (AvgIpc) is 2.67. The van der Waals surface area contributed by atoms with Crippen LogP contribution < -0.4 is 15.5 Å². The highest BCUT2D eigenvalue weighted by atomic mass is 16.5. The smallest absolute Gasteiger partial charge is 0.191 e. The van der Waals surface area contributed by atoms with Crippen LogP contribution in [0.25, 0.3) is 0 Å². The van der Waals surface area contributed by atoms with Crippen LogP contribution in [0.15, 0.2) is 23.3 Å². The van der Waals surface area contributed by atoms with Crippen LogP contribution >= 0.6 is 0 Å². The third kappa shape index (κ3) is 8.13. The Morgan fingerprint density at radius 3 is 2.70 bits per heavy atom. The first-order valence-electron chi connectivity index (χ1n) is 9.99. The van der Waals surface area contributed by atoms with Crippen molar-refractivity contribution in [2.45, 2.75) is 26.8 Å². The fraction of sp³-hybridized carbons (Fsp3) is 0.700. The Labute approximate surface area is 164 Å². The zero-order valence-corrected chi connectivity index (χ0v) is 17.4. The van der Waals surface area contributed by atoms with Gasteiger partial charge in [-0.05, 0) is 37.1 Å². The van der Waals surface area contributed by atoms with E-state index in [1.165, 1.54) is 5.56 Å². The zero-order valence-electron chi connectivity index (χ0n) is 17.4. The normalized spacial score (nSPS) is 16.0. The molecule has 7 nitrogen and oxygen atoms in total. The van der Waals surface area contributed by atoms with E-state index in [0.717, 1.165) is 64.1 Å². The van der Waals surface area contributed by atoms with Crippen LogP contribution in [0, 0.1) is 5.92 Å². The maximum absolute atomic E-state index is 5.63. The number of guanidine groups is 1. The van der Waals surface area contributed by atoms with Crippen LogP contribution in [0.3, 0.4) is 0 Å². The fourth-order valence-corrected chi connectivity index (χ4v) is 2.85. The highest BCUT2D eigenvalue weighted by Crippen LogP contribution is 2.14. The molecular formula is C20H36N6O. The molecule has 152 valence electrons. The quantitative estimate of drug-likeness (QED) is 0.387. The zero-order chi connectivity index (χ0) is 19.5. The molecule has 7 heteroatoms. The molecule has 0 unspecified atom stereocenters. The van der Waals surface area contributed by atoms with E-state index < -0.39 is 0 Å². The third-order valence-corrected chi connectivity index (χ3v) is 4.70. The lowest BCUT2D eigenvalue weighted by molar-refractivity contribution is 0.128. The molecule has 1 saturated heterocycles. The van der Waals surface area contributed by atoms with Gasteiger partial charge in [-0.2, -0.15) is 0 Å². The molecule has 2 rings (SSSR count). The lowest BCUT2D eigenvalue weighted by Gasteiger charge is -2.33. The largest absolute Gasteiger partial charge is 0.380 e. The SMILES string of the molecule is CN=C(NCCOCCC(C)C)NCc1ccnc(N2CCN(C)CC2)c1. The van der Waals surface area contributed by atoms with Gasteiger partial charge in [-0.1, -0.05) is 13.8 Å². The Balaban J connectivity index is 1.72. The number of aliphatic imine (C=N–C) groups is 1. The van der Waals surface area contributed by atoms with Crippen molar-refractivity contribution in [3.63, 3.8) is 0 Å². The van der Waals surface area contributed by atoms with Crippen LogP contribution in [-0.4, -0.2) is 75.9 Å². The summed E-state index contributed by atoms with van der Waals surface area (Å²) in [6.07, 6.45) is 2.99. The van der Waals surface area contributed by atoms with E-state index in [9.17, 15) is 0 Å². The summed E-state index contributed by atoms with van der Waals surface area (Å²) >= 11 is 0. The van der Waals surface area contributed by atoms with Crippen molar-refractivity contribution in [2.75, 3.05) is 64.9 Å². The lowest BCUT2D eigenvalue weighted by atomic mass is 10.1. The van der Waals surface area contributed by atoms with Crippen molar-refractivity contribution < 1.29 is 4.74 Å². The molecule has 0 atom stereocenters. The van der Waals surface area contributed by atoms with Crippen LogP contribution in [0.2, 0.25) is 0 Å². The fourth-order valence-electron chi connectivity index (χ4n) is 2.85. The second kappa shape index (κ2) is 11.8. The number of hydrogen-bond donors (Lipinski definition) is 2. The van der Waals surface area contributed by atoms with Crippen molar-refractivity contribution in [3.8, 4) is 0 Å². The number of likely N-dealkylation sites (N-methyl/N-ethyl adjacent to an activating group) is 1. The second-order valence-electron chi connectivity index (χ2n) is 7.46. The summed E-state index contributed by atoms with van der Waals surface area (Å²) in [5.74, 6) is 2.54. The van der Waals surface area contributed by atoms with Gasteiger partial charge in [-0.25, -0.2) is 4.98 Å². The molecule has 1 aromatic rings. The van der Waals surface area contributed by atoms with E-state index in [2.05, 4.69) is 63.4 Å². The van der Waals surface area contributed by atoms with Crippen molar-refractivity contribution in [3.05, 3.63) is 23.9 Å². The number of pyridine rings is 1. The van der Waals surface area contributed by atoms with Crippen molar-refractivity contribution in [1.29, 1.82) is 0 Å². The maximum atomic E-state index is 5.63. The van der Waals surface area contributed by atoms with Crippen molar-refractivity contribution in [2.24, 2.45) is 10.9 Å². The van der Waals surface area contributed by atoms with Gasteiger partial charge in [0, 0.05) is 59.1 Å². The summed E-state index contributed by atoms with van der Waals surface area (Å²) in [6.45, 7) is 11.6. The molecule has 1 aliphatic heterocycles. The molecule has 0 saturated carbocycles. The predicted molar refractivity (Wildman–Crippen MR) is 112 cm³/mol. The van der Waals surface area contributed by atoms with Crippen molar-refractivity contribution in [1.82, 2.24) is 20.5 Å². The van der Waals surface area contributed by atoms with Gasteiger partial charge in [0.25, 0.3) is 0 Å². The monoisotopic (exact) mass is 376 g/mol. The molecule has 1 fully saturated rings. The van der Waals surface area contributed by atoms with Gasteiger partial charge in [-0.3, -0.25) is 4.99 Å². The summed E-state index contributed by atoms with van der Waals surface area (Å²) in [5.41, 5.74) is 1.20. The Bertz CT molecular complexity index is 569. The molecule has 27 heavy (non-hydrogen) atoms. The van der Waals surface area contributed by atoms with Crippen molar-refractivity contribution >= 4 is 11.8 Å². The first-order chi connectivity index (χ1) is 13.1. The highest BCUT2D eigenvalue weighted by molar-refractivity contribution is 5.79.